The van der Waals surface area contributed by atoms with Crippen LogP contribution in [0.1, 0.15) is 32.5 Å². The highest BCUT2D eigenvalue weighted by Gasteiger charge is 2.39. The molecule has 5 heteroatoms. The van der Waals surface area contributed by atoms with Gasteiger partial charge in [-0.15, -0.1) is 0 Å². The average Bonchev–Trinajstić information content (AvgIpc) is 2.68. The van der Waals surface area contributed by atoms with Gasteiger partial charge in [-0.3, -0.25) is 10.1 Å². The van der Waals surface area contributed by atoms with Gasteiger partial charge in [0.15, 0.2) is 0 Å². The van der Waals surface area contributed by atoms with Gasteiger partial charge in [0.1, 0.15) is 6.17 Å². The molecule has 2 atom stereocenters. The van der Waals surface area contributed by atoms with Crippen LogP contribution in [0, 0.1) is 0 Å². The summed E-state index contributed by atoms with van der Waals surface area (Å²) in [6.45, 7) is 6.95. The lowest BCUT2D eigenvalue weighted by atomic mass is 10.1. The van der Waals surface area contributed by atoms with Crippen molar-refractivity contribution in [2.75, 3.05) is 12.8 Å². The average molecular weight is 313 g/mol. The van der Waals surface area contributed by atoms with Gasteiger partial charge in [-0.25, -0.2) is 0 Å². The summed E-state index contributed by atoms with van der Waals surface area (Å²) in [5, 5.41) is 4.07. The fourth-order valence-electron chi connectivity index (χ4n) is 2.34. The Labute approximate surface area is 130 Å². The van der Waals surface area contributed by atoms with Gasteiger partial charge >= 0.3 is 0 Å². The molecule has 0 spiro atoms. The summed E-state index contributed by atoms with van der Waals surface area (Å²) in [5.41, 5.74) is 1.07. The zero-order valence-corrected chi connectivity index (χ0v) is 13.9. The molecule has 0 saturated carbocycles. The Morgan fingerprint density at radius 2 is 1.95 bits per heavy atom. The van der Waals surface area contributed by atoms with Gasteiger partial charge in [-0.2, -0.15) is 11.8 Å². The predicted octanol–water partition coefficient (Wildman–Crippen LogP) is 3.30. The third-order valence-corrected chi connectivity index (χ3v) is 5.15. The van der Waals surface area contributed by atoms with Crippen molar-refractivity contribution < 1.29 is 4.79 Å². The molecule has 1 aromatic rings. The molecule has 1 aliphatic heterocycles. The predicted molar refractivity (Wildman–Crippen MR) is 86.1 cm³/mol. The summed E-state index contributed by atoms with van der Waals surface area (Å²) < 4.78 is 0.0338. The molecule has 3 nitrogen and oxygen atoms in total. The van der Waals surface area contributed by atoms with E-state index in [1.165, 1.54) is 0 Å². The van der Waals surface area contributed by atoms with Crippen LogP contribution in [0.3, 0.4) is 0 Å². The molecule has 2 unspecified atom stereocenters. The lowest BCUT2D eigenvalue weighted by Gasteiger charge is -2.32. The molecule has 0 aromatic heterocycles. The van der Waals surface area contributed by atoms with Gasteiger partial charge in [0, 0.05) is 16.3 Å². The standard InChI is InChI=1S/C15H21ClN2OS/c1-10-14(19)18(9-15(2,3)20-4)13(17-10)11-5-7-12(16)8-6-11/h5-8,10,13,17H,9H2,1-4H3. The van der Waals surface area contributed by atoms with Crippen molar-refractivity contribution in [1.82, 2.24) is 10.2 Å². The monoisotopic (exact) mass is 312 g/mol. The van der Waals surface area contributed by atoms with Crippen molar-refractivity contribution in [3.05, 3.63) is 34.9 Å². The molecule has 1 fully saturated rings. The number of carbonyl (C=O) groups excluding carboxylic acids is 1. The van der Waals surface area contributed by atoms with E-state index >= 15 is 0 Å². The van der Waals surface area contributed by atoms with Crippen LogP contribution >= 0.6 is 23.4 Å². The molecule has 1 N–H and O–H groups in total. The van der Waals surface area contributed by atoms with Crippen LogP contribution in [0.2, 0.25) is 5.02 Å². The van der Waals surface area contributed by atoms with E-state index in [2.05, 4.69) is 25.4 Å². The van der Waals surface area contributed by atoms with Crippen LogP contribution in [-0.2, 0) is 4.79 Å². The van der Waals surface area contributed by atoms with Gasteiger partial charge in [-0.05, 0) is 44.7 Å². The van der Waals surface area contributed by atoms with Crippen LogP contribution in [0.5, 0.6) is 0 Å². The number of hydrogen-bond acceptors (Lipinski definition) is 3. The van der Waals surface area contributed by atoms with Crippen LogP contribution in [0.15, 0.2) is 24.3 Å². The Morgan fingerprint density at radius 1 is 1.35 bits per heavy atom. The second-order valence-electron chi connectivity index (χ2n) is 5.77. The summed E-state index contributed by atoms with van der Waals surface area (Å²) in [5.74, 6) is 0.159. The highest BCUT2D eigenvalue weighted by molar-refractivity contribution is 7.99. The minimum Gasteiger partial charge on any atom is -0.320 e. The molecule has 1 aliphatic rings. The minimum absolute atomic E-state index is 0.0338. The van der Waals surface area contributed by atoms with Gasteiger partial charge in [-0.1, -0.05) is 23.7 Å². The van der Waals surface area contributed by atoms with Crippen molar-refractivity contribution in [2.45, 2.75) is 37.7 Å². The fourth-order valence-corrected chi connectivity index (χ4v) is 2.73. The number of hydrogen-bond donors (Lipinski definition) is 1. The number of rotatable bonds is 4. The second-order valence-corrected chi connectivity index (χ2v) is 7.72. The number of nitrogens with zero attached hydrogens (tertiary/aromatic N) is 1. The lowest BCUT2D eigenvalue weighted by molar-refractivity contribution is -0.130. The van der Waals surface area contributed by atoms with Gasteiger partial charge in [0.25, 0.3) is 0 Å². The number of amides is 1. The minimum atomic E-state index is -0.145. The smallest absolute Gasteiger partial charge is 0.241 e. The molecule has 0 aliphatic carbocycles. The van der Waals surface area contributed by atoms with E-state index in [9.17, 15) is 4.79 Å². The molecular weight excluding hydrogens is 292 g/mol. The van der Waals surface area contributed by atoms with Crippen LogP contribution in [0.4, 0.5) is 0 Å². The van der Waals surface area contributed by atoms with E-state index in [4.69, 9.17) is 11.6 Å². The molecule has 20 heavy (non-hydrogen) atoms. The quantitative estimate of drug-likeness (QED) is 0.926. The third kappa shape index (κ3) is 3.30. The zero-order valence-electron chi connectivity index (χ0n) is 12.3. The number of nitrogens with one attached hydrogen (secondary N) is 1. The molecule has 1 saturated heterocycles. The molecule has 0 bridgehead atoms. The van der Waals surface area contributed by atoms with E-state index in [-0.39, 0.29) is 22.9 Å². The fraction of sp³-hybridized carbons (Fsp3) is 0.533. The zero-order chi connectivity index (χ0) is 14.9. The SMILES string of the molecule is CSC(C)(C)CN1C(=O)C(C)NC1c1ccc(Cl)cc1. The number of benzene rings is 1. The van der Waals surface area contributed by atoms with Crippen LogP contribution in [-0.4, -0.2) is 34.4 Å². The maximum Gasteiger partial charge on any atom is 0.241 e. The summed E-state index contributed by atoms with van der Waals surface area (Å²) >= 11 is 7.71. The molecule has 110 valence electrons. The Balaban J connectivity index is 2.26. The molecule has 1 aromatic carbocycles. The van der Waals surface area contributed by atoms with E-state index in [0.29, 0.717) is 5.02 Å². The first-order valence-electron chi connectivity index (χ1n) is 6.71. The Bertz CT molecular complexity index is 489. The van der Waals surface area contributed by atoms with Crippen molar-refractivity contribution in [3.63, 3.8) is 0 Å². The van der Waals surface area contributed by atoms with E-state index < -0.39 is 0 Å². The highest BCUT2D eigenvalue weighted by Crippen LogP contribution is 2.31. The molecule has 2 rings (SSSR count). The molecule has 1 amide bonds. The Morgan fingerprint density at radius 3 is 2.50 bits per heavy atom. The van der Waals surface area contributed by atoms with Gasteiger partial charge in [0.05, 0.1) is 6.04 Å². The first-order valence-corrected chi connectivity index (χ1v) is 8.31. The van der Waals surface area contributed by atoms with E-state index in [1.54, 1.807) is 11.8 Å². The highest BCUT2D eigenvalue weighted by atomic mass is 35.5. The van der Waals surface area contributed by atoms with Crippen molar-refractivity contribution in [3.8, 4) is 0 Å². The molecule has 1 heterocycles. The maximum atomic E-state index is 12.4. The van der Waals surface area contributed by atoms with Crippen LogP contribution in [0.25, 0.3) is 0 Å². The topological polar surface area (TPSA) is 32.3 Å². The molecular formula is C15H21ClN2OS. The number of thioether (sulfide) groups is 1. The normalized spacial score (nSPS) is 23.4. The Kier molecular flexibility index (Phi) is 4.67. The van der Waals surface area contributed by atoms with Crippen LogP contribution < -0.4 is 5.32 Å². The summed E-state index contributed by atoms with van der Waals surface area (Å²) in [6, 6.07) is 7.54. The van der Waals surface area contributed by atoms with Gasteiger partial charge < -0.3 is 4.90 Å². The van der Waals surface area contributed by atoms with E-state index in [1.807, 2.05) is 36.1 Å². The lowest BCUT2D eigenvalue weighted by Crippen LogP contribution is -2.40. The second kappa shape index (κ2) is 5.96. The first-order chi connectivity index (χ1) is 9.34. The first kappa shape index (κ1) is 15.7. The largest absolute Gasteiger partial charge is 0.320 e. The third-order valence-electron chi connectivity index (χ3n) is 3.66. The summed E-state index contributed by atoms with van der Waals surface area (Å²) in [6.07, 6.45) is 2.01. The summed E-state index contributed by atoms with van der Waals surface area (Å²) in [7, 11) is 0. The number of carbonyl (C=O) groups is 1. The van der Waals surface area contributed by atoms with E-state index in [0.717, 1.165) is 12.1 Å². The van der Waals surface area contributed by atoms with Crippen molar-refractivity contribution in [2.24, 2.45) is 0 Å². The Hall–Kier alpha value is -0.710. The van der Waals surface area contributed by atoms with Crippen molar-refractivity contribution >= 4 is 29.3 Å². The van der Waals surface area contributed by atoms with Gasteiger partial charge in [0.2, 0.25) is 5.91 Å². The maximum absolute atomic E-state index is 12.4. The number of halogens is 1. The van der Waals surface area contributed by atoms with Crippen molar-refractivity contribution in [1.29, 1.82) is 0 Å². The molecule has 0 radical (unpaired) electrons. The summed E-state index contributed by atoms with van der Waals surface area (Å²) in [4.78, 5) is 14.3.